The van der Waals surface area contributed by atoms with E-state index >= 15 is 0 Å². The van der Waals surface area contributed by atoms with E-state index in [2.05, 4.69) is 45.9 Å². The van der Waals surface area contributed by atoms with Crippen LogP contribution in [0.2, 0.25) is 0 Å². The van der Waals surface area contributed by atoms with Gasteiger partial charge in [-0.2, -0.15) is 0 Å². The zero-order valence-corrected chi connectivity index (χ0v) is 24.3. The molecule has 0 spiro atoms. The molecule has 0 saturated heterocycles. The van der Waals surface area contributed by atoms with E-state index in [0.29, 0.717) is 5.56 Å². The van der Waals surface area contributed by atoms with Crippen molar-refractivity contribution in [2.24, 2.45) is 0 Å². The molecule has 38 heavy (non-hydrogen) atoms. The van der Waals surface area contributed by atoms with Crippen LogP contribution in [-0.2, 0) is 14.6 Å². The van der Waals surface area contributed by atoms with Crippen molar-refractivity contribution < 1.29 is 17.9 Å². The molecule has 0 aliphatic carbocycles. The lowest BCUT2D eigenvalue weighted by molar-refractivity contribution is 0.0548. The second kappa shape index (κ2) is 15.9. The molecule has 2 aromatic carbocycles. The minimum Gasteiger partial charge on any atom is -0.458 e. The SMILES string of the molecule is CC(C)=CCC/C(C)=C/CC/C(C)=C/CC/C(C)=C/COC(=O)c1ccc(S(=O)(=O)c2ccccc2)cc1. The lowest BCUT2D eigenvalue weighted by Crippen LogP contribution is -2.07. The van der Waals surface area contributed by atoms with E-state index < -0.39 is 15.8 Å². The molecule has 0 radical (unpaired) electrons. The molecule has 0 aliphatic heterocycles. The summed E-state index contributed by atoms with van der Waals surface area (Å²) in [6.45, 7) is 10.9. The van der Waals surface area contributed by atoms with Gasteiger partial charge in [0.05, 0.1) is 15.4 Å². The number of esters is 1. The molecule has 0 saturated carbocycles. The van der Waals surface area contributed by atoms with Crippen LogP contribution in [0.4, 0.5) is 0 Å². The highest BCUT2D eigenvalue weighted by molar-refractivity contribution is 7.91. The van der Waals surface area contributed by atoms with Crippen LogP contribution >= 0.6 is 0 Å². The third-order valence-electron chi connectivity index (χ3n) is 6.25. The summed E-state index contributed by atoms with van der Waals surface area (Å²) < 4.78 is 30.7. The van der Waals surface area contributed by atoms with Gasteiger partial charge in [-0.1, -0.05) is 58.7 Å². The Balaban J connectivity index is 1.75. The number of ether oxygens (including phenoxy) is 1. The van der Waals surface area contributed by atoms with Gasteiger partial charge in [0.2, 0.25) is 9.84 Å². The van der Waals surface area contributed by atoms with Gasteiger partial charge in [0.1, 0.15) is 6.61 Å². The average molecular weight is 535 g/mol. The predicted octanol–water partition coefficient (Wildman–Crippen LogP) is 8.82. The number of hydrogen-bond acceptors (Lipinski definition) is 4. The van der Waals surface area contributed by atoms with E-state index in [0.717, 1.165) is 38.5 Å². The molecule has 0 fully saturated rings. The zero-order valence-electron chi connectivity index (χ0n) is 23.5. The number of hydrogen-bond donors (Lipinski definition) is 0. The molecular weight excluding hydrogens is 492 g/mol. The van der Waals surface area contributed by atoms with Gasteiger partial charge in [-0.05, 0) is 116 Å². The maximum absolute atomic E-state index is 12.7. The summed E-state index contributed by atoms with van der Waals surface area (Å²) in [5.41, 5.74) is 5.72. The Bertz CT molecular complexity index is 1260. The molecule has 4 nitrogen and oxygen atoms in total. The molecule has 0 heterocycles. The zero-order chi connectivity index (χ0) is 28.0. The Morgan fingerprint density at radius 1 is 0.658 bits per heavy atom. The van der Waals surface area contributed by atoms with Gasteiger partial charge in [0.25, 0.3) is 0 Å². The molecule has 0 aromatic heterocycles. The molecule has 2 rings (SSSR count). The predicted molar refractivity (Wildman–Crippen MR) is 157 cm³/mol. The minimum atomic E-state index is -3.61. The Morgan fingerprint density at radius 3 is 1.66 bits per heavy atom. The molecule has 204 valence electrons. The first-order chi connectivity index (χ1) is 18.1. The number of benzene rings is 2. The number of carbonyl (C=O) groups is 1. The lowest BCUT2D eigenvalue weighted by Gasteiger charge is -2.07. The third-order valence-corrected chi connectivity index (χ3v) is 8.04. The molecular formula is C33H42O4S. The highest BCUT2D eigenvalue weighted by Crippen LogP contribution is 2.21. The van der Waals surface area contributed by atoms with Gasteiger partial charge in [-0.3, -0.25) is 0 Å². The van der Waals surface area contributed by atoms with E-state index in [4.69, 9.17) is 4.74 Å². The van der Waals surface area contributed by atoms with Crippen molar-refractivity contribution in [2.75, 3.05) is 6.61 Å². The molecule has 2 aromatic rings. The summed E-state index contributed by atoms with van der Waals surface area (Å²) in [6.07, 6.45) is 15.1. The molecule has 0 bridgehead atoms. The third kappa shape index (κ3) is 11.1. The first-order valence-electron chi connectivity index (χ1n) is 13.3. The van der Waals surface area contributed by atoms with Crippen LogP contribution in [0.5, 0.6) is 0 Å². The van der Waals surface area contributed by atoms with Gasteiger partial charge in [0.15, 0.2) is 0 Å². The van der Waals surface area contributed by atoms with Crippen LogP contribution < -0.4 is 0 Å². The summed E-state index contributed by atoms with van der Waals surface area (Å²) >= 11 is 0. The highest BCUT2D eigenvalue weighted by Gasteiger charge is 2.18. The number of allylic oxidation sites excluding steroid dienone is 7. The summed E-state index contributed by atoms with van der Waals surface area (Å²) in [5.74, 6) is -0.474. The molecule has 0 unspecified atom stereocenters. The van der Waals surface area contributed by atoms with Gasteiger partial charge < -0.3 is 4.74 Å². The van der Waals surface area contributed by atoms with Crippen LogP contribution in [0.1, 0.15) is 83.5 Å². The Labute approximate surface area is 229 Å². The monoisotopic (exact) mass is 534 g/mol. The van der Waals surface area contributed by atoms with Gasteiger partial charge in [-0.25, -0.2) is 13.2 Å². The first-order valence-corrected chi connectivity index (χ1v) is 14.8. The molecule has 0 N–H and O–H groups in total. The smallest absolute Gasteiger partial charge is 0.338 e. The number of rotatable bonds is 14. The number of carbonyl (C=O) groups excluding carboxylic acids is 1. The van der Waals surface area contributed by atoms with Crippen molar-refractivity contribution in [3.8, 4) is 0 Å². The lowest BCUT2D eigenvalue weighted by atomic mass is 10.0. The van der Waals surface area contributed by atoms with E-state index in [9.17, 15) is 13.2 Å². The second-order valence-electron chi connectivity index (χ2n) is 9.99. The van der Waals surface area contributed by atoms with Gasteiger partial charge >= 0.3 is 5.97 Å². The normalized spacial score (nSPS) is 12.8. The van der Waals surface area contributed by atoms with Crippen molar-refractivity contribution in [1.29, 1.82) is 0 Å². The maximum atomic E-state index is 12.7. The highest BCUT2D eigenvalue weighted by atomic mass is 32.2. The molecule has 0 amide bonds. The van der Waals surface area contributed by atoms with Crippen LogP contribution in [0.3, 0.4) is 0 Å². The van der Waals surface area contributed by atoms with Crippen molar-refractivity contribution in [1.82, 2.24) is 0 Å². The van der Waals surface area contributed by atoms with Crippen molar-refractivity contribution >= 4 is 15.8 Å². The van der Waals surface area contributed by atoms with Gasteiger partial charge in [-0.15, -0.1) is 0 Å². The van der Waals surface area contributed by atoms with Crippen molar-refractivity contribution in [2.45, 2.75) is 82.9 Å². The molecule has 0 atom stereocenters. The standard InChI is InChI=1S/C33H42O4S/c1-26(2)12-9-13-27(3)14-10-15-28(4)16-11-17-29(5)24-25-37-33(34)30-20-22-32(23-21-30)38(35,36)31-18-7-6-8-19-31/h6-8,12,14,16,18-24H,9-11,13,15,17,25H2,1-5H3/b27-14+,28-16+,29-24+. The summed E-state index contributed by atoms with van der Waals surface area (Å²) in [5, 5.41) is 0. The fraction of sp³-hybridized carbons (Fsp3) is 0.364. The van der Waals surface area contributed by atoms with Crippen LogP contribution in [0, 0.1) is 0 Å². The Hall–Kier alpha value is -3.18. The first kappa shape index (κ1) is 31.0. The minimum absolute atomic E-state index is 0.143. The van der Waals surface area contributed by atoms with E-state index in [1.807, 2.05) is 13.0 Å². The fourth-order valence-electron chi connectivity index (χ4n) is 3.84. The Kier molecular flexibility index (Phi) is 13.0. The largest absolute Gasteiger partial charge is 0.458 e. The van der Waals surface area contributed by atoms with E-state index in [1.54, 1.807) is 30.3 Å². The fourth-order valence-corrected chi connectivity index (χ4v) is 5.12. The van der Waals surface area contributed by atoms with Crippen LogP contribution in [-0.4, -0.2) is 21.0 Å². The summed E-state index contributed by atoms with van der Waals surface area (Å²) in [7, 11) is -3.61. The van der Waals surface area contributed by atoms with E-state index in [-0.39, 0.29) is 16.4 Å². The van der Waals surface area contributed by atoms with Crippen LogP contribution in [0.15, 0.2) is 111 Å². The second-order valence-corrected chi connectivity index (χ2v) is 11.9. The average Bonchev–Trinajstić information content (AvgIpc) is 2.89. The molecule has 0 aliphatic rings. The van der Waals surface area contributed by atoms with Crippen LogP contribution in [0.25, 0.3) is 0 Å². The number of sulfone groups is 1. The van der Waals surface area contributed by atoms with Crippen molar-refractivity contribution in [3.63, 3.8) is 0 Å². The Morgan fingerprint density at radius 2 is 1.13 bits per heavy atom. The molecule has 5 heteroatoms. The summed E-state index contributed by atoms with van der Waals surface area (Å²) in [6, 6.07) is 14.1. The quantitative estimate of drug-likeness (QED) is 0.179. The van der Waals surface area contributed by atoms with Gasteiger partial charge in [0, 0.05) is 0 Å². The van der Waals surface area contributed by atoms with E-state index in [1.165, 1.54) is 46.6 Å². The van der Waals surface area contributed by atoms with Crippen molar-refractivity contribution in [3.05, 3.63) is 107 Å². The maximum Gasteiger partial charge on any atom is 0.338 e. The topological polar surface area (TPSA) is 60.4 Å². The summed E-state index contributed by atoms with van der Waals surface area (Å²) in [4.78, 5) is 12.7.